The van der Waals surface area contributed by atoms with E-state index in [4.69, 9.17) is 0 Å². The number of likely N-dealkylation sites (N-methyl/N-ethyl adjacent to an activating group) is 2. The number of piperazine rings is 1. The molecular weight excluding hydrogens is 214 g/mol. The molecule has 0 aliphatic carbocycles. The Hall–Kier alpha value is -0.610. The van der Waals surface area contributed by atoms with E-state index in [1.54, 1.807) is 0 Å². The Morgan fingerprint density at radius 2 is 2.12 bits per heavy atom. The standard InChI is InChI=1S/C13H27N3O/c1-13(2,3)6-8-16(5)12(17)11-10-14-7-9-15(11)4/h11,14H,6-10H2,1-5H3. The topological polar surface area (TPSA) is 35.6 Å². The summed E-state index contributed by atoms with van der Waals surface area (Å²) in [6, 6.07) is 0.00807. The monoisotopic (exact) mass is 241 g/mol. The molecule has 0 aromatic heterocycles. The average Bonchev–Trinajstić information content (AvgIpc) is 2.24. The number of rotatable bonds is 3. The largest absolute Gasteiger partial charge is 0.344 e. The molecule has 1 heterocycles. The van der Waals surface area contributed by atoms with E-state index in [1.165, 1.54) is 0 Å². The highest BCUT2D eigenvalue weighted by Crippen LogP contribution is 2.18. The van der Waals surface area contributed by atoms with Gasteiger partial charge in [-0.1, -0.05) is 20.8 Å². The highest BCUT2D eigenvalue weighted by Gasteiger charge is 2.28. The Morgan fingerprint density at radius 3 is 2.65 bits per heavy atom. The zero-order valence-corrected chi connectivity index (χ0v) is 11.9. The van der Waals surface area contributed by atoms with Gasteiger partial charge in [0.05, 0.1) is 0 Å². The molecule has 1 amide bonds. The van der Waals surface area contributed by atoms with Gasteiger partial charge in [-0.25, -0.2) is 0 Å². The van der Waals surface area contributed by atoms with Crippen molar-refractivity contribution in [2.24, 2.45) is 5.41 Å². The number of amides is 1. The van der Waals surface area contributed by atoms with Gasteiger partial charge >= 0.3 is 0 Å². The fraction of sp³-hybridized carbons (Fsp3) is 0.923. The third kappa shape index (κ3) is 4.64. The van der Waals surface area contributed by atoms with Crippen LogP contribution >= 0.6 is 0 Å². The Morgan fingerprint density at radius 1 is 1.47 bits per heavy atom. The molecule has 100 valence electrons. The molecule has 1 N–H and O–H groups in total. The maximum atomic E-state index is 12.3. The summed E-state index contributed by atoms with van der Waals surface area (Å²) in [7, 11) is 3.94. The van der Waals surface area contributed by atoms with Crippen LogP contribution in [0.3, 0.4) is 0 Å². The quantitative estimate of drug-likeness (QED) is 0.793. The van der Waals surface area contributed by atoms with Crippen LogP contribution in [0.15, 0.2) is 0 Å². The molecule has 1 aliphatic rings. The maximum Gasteiger partial charge on any atom is 0.240 e. The first-order chi connectivity index (χ1) is 7.81. The summed E-state index contributed by atoms with van der Waals surface area (Å²) in [4.78, 5) is 16.3. The van der Waals surface area contributed by atoms with Crippen molar-refractivity contribution in [1.82, 2.24) is 15.1 Å². The molecule has 17 heavy (non-hydrogen) atoms. The van der Waals surface area contributed by atoms with Crippen molar-refractivity contribution in [3.8, 4) is 0 Å². The van der Waals surface area contributed by atoms with Crippen molar-refractivity contribution in [3.63, 3.8) is 0 Å². The van der Waals surface area contributed by atoms with Crippen LogP contribution in [-0.4, -0.2) is 62.0 Å². The van der Waals surface area contributed by atoms with E-state index in [0.717, 1.165) is 32.6 Å². The van der Waals surface area contributed by atoms with Gasteiger partial charge in [-0.15, -0.1) is 0 Å². The first-order valence-corrected chi connectivity index (χ1v) is 6.47. The number of nitrogens with one attached hydrogen (secondary N) is 1. The number of carbonyl (C=O) groups is 1. The molecule has 0 radical (unpaired) electrons. The van der Waals surface area contributed by atoms with Gasteiger partial charge in [0.15, 0.2) is 0 Å². The van der Waals surface area contributed by atoms with Gasteiger partial charge in [0.1, 0.15) is 6.04 Å². The fourth-order valence-electron chi connectivity index (χ4n) is 1.95. The van der Waals surface area contributed by atoms with E-state index in [1.807, 2.05) is 19.0 Å². The predicted molar refractivity (Wildman–Crippen MR) is 71.0 cm³/mol. The number of hydrogen-bond donors (Lipinski definition) is 1. The second kappa shape index (κ2) is 5.83. The van der Waals surface area contributed by atoms with Crippen molar-refractivity contribution >= 4 is 5.91 Å². The third-order valence-electron chi connectivity index (χ3n) is 3.37. The molecule has 4 nitrogen and oxygen atoms in total. The lowest BCUT2D eigenvalue weighted by atomic mass is 9.92. The average molecular weight is 241 g/mol. The van der Waals surface area contributed by atoms with Gasteiger partial charge in [0, 0.05) is 33.2 Å². The summed E-state index contributed by atoms with van der Waals surface area (Å²) >= 11 is 0. The fourth-order valence-corrected chi connectivity index (χ4v) is 1.95. The highest BCUT2D eigenvalue weighted by atomic mass is 16.2. The molecule has 0 aromatic rings. The summed E-state index contributed by atoms with van der Waals surface area (Å²) < 4.78 is 0. The van der Waals surface area contributed by atoms with Crippen LogP contribution in [-0.2, 0) is 4.79 Å². The summed E-state index contributed by atoms with van der Waals surface area (Å²) in [6.45, 7) is 10.2. The van der Waals surface area contributed by atoms with Crippen LogP contribution in [0.2, 0.25) is 0 Å². The van der Waals surface area contributed by atoms with Crippen molar-refractivity contribution in [2.75, 3.05) is 40.3 Å². The summed E-state index contributed by atoms with van der Waals surface area (Å²) in [6.07, 6.45) is 1.04. The molecule has 1 rings (SSSR count). The number of hydrogen-bond acceptors (Lipinski definition) is 3. The van der Waals surface area contributed by atoms with Crippen molar-refractivity contribution < 1.29 is 4.79 Å². The van der Waals surface area contributed by atoms with Crippen LogP contribution in [0.5, 0.6) is 0 Å². The first-order valence-electron chi connectivity index (χ1n) is 6.47. The molecule has 1 unspecified atom stereocenters. The minimum Gasteiger partial charge on any atom is -0.344 e. The molecule has 4 heteroatoms. The lowest BCUT2D eigenvalue weighted by Crippen LogP contribution is -2.56. The summed E-state index contributed by atoms with van der Waals surface area (Å²) in [5, 5.41) is 3.28. The smallest absolute Gasteiger partial charge is 0.240 e. The van der Waals surface area contributed by atoms with E-state index in [2.05, 4.69) is 31.0 Å². The molecule has 1 atom stereocenters. The van der Waals surface area contributed by atoms with Crippen molar-refractivity contribution in [3.05, 3.63) is 0 Å². The number of nitrogens with zero attached hydrogens (tertiary/aromatic N) is 2. The van der Waals surface area contributed by atoms with Gasteiger partial charge in [-0.2, -0.15) is 0 Å². The zero-order chi connectivity index (χ0) is 13.1. The van der Waals surface area contributed by atoms with Crippen molar-refractivity contribution in [1.29, 1.82) is 0 Å². The molecule has 1 fully saturated rings. The van der Waals surface area contributed by atoms with E-state index < -0.39 is 0 Å². The lowest BCUT2D eigenvalue weighted by Gasteiger charge is -2.35. The molecule has 0 saturated carbocycles. The zero-order valence-electron chi connectivity index (χ0n) is 11.9. The van der Waals surface area contributed by atoms with E-state index in [9.17, 15) is 4.79 Å². The molecule has 1 aliphatic heterocycles. The van der Waals surface area contributed by atoms with Gasteiger partial charge in [-0.3, -0.25) is 9.69 Å². The lowest BCUT2D eigenvalue weighted by molar-refractivity contribution is -0.136. The second-order valence-electron chi connectivity index (χ2n) is 6.27. The normalized spacial score (nSPS) is 22.5. The van der Waals surface area contributed by atoms with Crippen LogP contribution in [0.1, 0.15) is 27.2 Å². The minimum absolute atomic E-state index is 0.00807. The Balaban J connectivity index is 2.45. The van der Waals surface area contributed by atoms with Crippen LogP contribution in [0, 0.1) is 5.41 Å². The molecule has 0 spiro atoms. The van der Waals surface area contributed by atoms with Gasteiger partial charge in [-0.05, 0) is 18.9 Å². The Kier molecular flexibility index (Phi) is 4.95. The SMILES string of the molecule is CN(CCC(C)(C)C)C(=O)C1CNCCN1C. The van der Waals surface area contributed by atoms with Gasteiger partial charge < -0.3 is 10.2 Å². The Labute approximate surface area is 105 Å². The highest BCUT2D eigenvalue weighted by molar-refractivity contribution is 5.82. The molecule has 0 aromatic carbocycles. The van der Waals surface area contributed by atoms with E-state index in [-0.39, 0.29) is 17.4 Å². The molecular formula is C13H27N3O. The van der Waals surface area contributed by atoms with E-state index in [0.29, 0.717) is 0 Å². The second-order valence-corrected chi connectivity index (χ2v) is 6.27. The Bertz CT molecular complexity index is 260. The molecule has 1 saturated heterocycles. The summed E-state index contributed by atoms with van der Waals surface area (Å²) in [5.41, 5.74) is 0.283. The maximum absolute atomic E-state index is 12.3. The van der Waals surface area contributed by atoms with Gasteiger partial charge in [0.2, 0.25) is 5.91 Å². The van der Waals surface area contributed by atoms with Crippen LogP contribution in [0.25, 0.3) is 0 Å². The molecule has 0 bridgehead atoms. The third-order valence-corrected chi connectivity index (χ3v) is 3.37. The van der Waals surface area contributed by atoms with Crippen molar-refractivity contribution in [2.45, 2.75) is 33.2 Å². The predicted octanol–water partition coefficient (Wildman–Crippen LogP) is 0.785. The van der Waals surface area contributed by atoms with E-state index >= 15 is 0 Å². The minimum atomic E-state index is 0.00807. The van der Waals surface area contributed by atoms with Gasteiger partial charge in [0.25, 0.3) is 0 Å². The number of carbonyl (C=O) groups excluding carboxylic acids is 1. The summed E-state index contributed by atoms with van der Waals surface area (Å²) in [5.74, 6) is 0.240. The van der Waals surface area contributed by atoms with Crippen LogP contribution < -0.4 is 5.32 Å². The first kappa shape index (κ1) is 14.5. The van der Waals surface area contributed by atoms with Crippen LogP contribution in [0.4, 0.5) is 0 Å².